The zero-order valence-corrected chi connectivity index (χ0v) is 21.2. The number of nitrogens with zero attached hydrogens (tertiary/aromatic N) is 6. The SMILES string of the molecule is Cc1ccc(NC(=O)N[C@@H]2N=C(C3CCCCC3)c3ccccc3N(C)C2=O)cc1N(C)c1nn[nH]n1. The number of benzodiazepines with no additional fused rings is 1. The van der Waals surface area contributed by atoms with Gasteiger partial charge in [0.1, 0.15) is 0 Å². The standard InChI is InChI=1S/C26H31N9O2/c1-16-13-14-18(15-21(16)35(3)25-30-32-33-31-25)27-26(37)29-23-24(36)34(2)20-12-8-7-11-19(20)22(28-23)17-9-5-4-6-10-17/h7-8,11-15,17,23H,4-6,9-10H2,1-3H3,(H2,27,29,37)(H,30,31,32,33)/t23-/m0/s1. The number of aliphatic imine (C=N–C) groups is 1. The number of fused-ring (bicyclic) bond motifs is 1. The molecule has 5 rings (SSSR count). The summed E-state index contributed by atoms with van der Waals surface area (Å²) >= 11 is 0. The van der Waals surface area contributed by atoms with Crippen molar-refractivity contribution in [3.05, 3.63) is 53.6 Å². The molecule has 3 aromatic rings. The van der Waals surface area contributed by atoms with Gasteiger partial charge in [-0.2, -0.15) is 5.21 Å². The zero-order valence-electron chi connectivity index (χ0n) is 21.2. The van der Waals surface area contributed by atoms with Crippen LogP contribution in [0.4, 0.5) is 27.8 Å². The van der Waals surface area contributed by atoms with Crippen molar-refractivity contribution >= 4 is 40.7 Å². The van der Waals surface area contributed by atoms with E-state index >= 15 is 0 Å². The van der Waals surface area contributed by atoms with E-state index in [1.807, 2.05) is 50.4 Å². The summed E-state index contributed by atoms with van der Waals surface area (Å²) in [7, 11) is 3.54. The molecule has 1 atom stereocenters. The van der Waals surface area contributed by atoms with Crippen LogP contribution in [0, 0.1) is 12.8 Å². The molecule has 192 valence electrons. The number of hydrogen-bond donors (Lipinski definition) is 3. The van der Waals surface area contributed by atoms with Gasteiger partial charge in [-0.1, -0.05) is 48.6 Å². The molecule has 37 heavy (non-hydrogen) atoms. The molecule has 0 bridgehead atoms. The number of urea groups is 1. The summed E-state index contributed by atoms with van der Waals surface area (Å²) in [5.41, 5.74) is 5.01. The van der Waals surface area contributed by atoms with Crippen molar-refractivity contribution in [1.82, 2.24) is 25.9 Å². The molecule has 1 aromatic heterocycles. The van der Waals surface area contributed by atoms with E-state index in [2.05, 4.69) is 31.3 Å². The van der Waals surface area contributed by atoms with Crippen LogP contribution in [0.1, 0.15) is 43.2 Å². The number of tetrazole rings is 1. The molecular formula is C26H31N9O2. The minimum Gasteiger partial charge on any atom is -0.311 e. The predicted octanol–water partition coefficient (Wildman–Crippen LogP) is 3.77. The quantitative estimate of drug-likeness (QED) is 0.488. The number of likely N-dealkylation sites (N-methyl/N-ethyl adjacent to an activating group) is 1. The van der Waals surface area contributed by atoms with E-state index in [1.54, 1.807) is 22.9 Å². The Morgan fingerprint density at radius 2 is 1.92 bits per heavy atom. The number of nitrogens with one attached hydrogen (secondary N) is 3. The van der Waals surface area contributed by atoms with E-state index in [9.17, 15) is 9.59 Å². The van der Waals surface area contributed by atoms with Gasteiger partial charge in [0.05, 0.1) is 11.4 Å². The van der Waals surface area contributed by atoms with Crippen LogP contribution in [0.3, 0.4) is 0 Å². The number of hydrogen-bond acceptors (Lipinski definition) is 7. The number of H-pyrrole nitrogens is 1. The number of para-hydroxylation sites is 1. The highest BCUT2D eigenvalue weighted by Crippen LogP contribution is 2.33. The Bertz CT molecular complexity index is 1320. The van der Waals surface area contributed by atoms with Crippen molar-refractivity contribution < 1.29 is 9.59 Å². The number of aromatic amines is 1. The van der Waals surface area contributed by atoms with E-state index < -0.39 is 12.2 Å². The van der Waals surface area contributed by atoms with Crippen molar-refractivity contribution in [1.29, 1.82) is 0 Å². The molecule has 3 amide bonds. The third-order valence-corrected chi connectivity index (χ3v) is 7.10. The van der Waals surface area contributed by atoms with Crippen LogP contribution in [-0.2, 0) is 4.79 Å². The number of rotatable bonds is 5. The second kappa shape index (κ2) is 10.4. The Morgan fingerprint density at radius 1 is 1.14 bits per heavy atom. The highest BCUT2D eigenvalue weighted by atomic mass is 16.2. The van der Waals surface area contributed by atoms with Gasteiger partial charge in [-0.3, -0.25) is 9.79 Å². The largest absolute Gasteiger partial charge is 0.321 e. The van der Waals surface area contributed by atoms with Crippen LogP contribution in [0.2, 0.25) is 0 Å². The third-order valence-electron chi connectivity index (χ3n) is 7.10. The summed E-state index contributed by atoms with van der Waals surface area (Å²) in [5, 5.41) is 19.7. The Balaban J connectivity index is 1.38. The fraction of sp³-hybridized carbons (Fsp3) is 0.385. The minimum atomic E-state index is -1.03. The number of aryl methyl sites for hydroxylation is 1. The second-order valence-corrected chi connectivity index (χ2v) is 9.54. The molecule has 1 aliphatic carbocycles. The first-order chi connectivity index (χ1) is 17.9. The van der Waals surface area contributed by atoms with Gasteiger partial charge in [-0.25, -0.2) is 4.79 Å². The maximum absolute atomic E-state index is 13.4. The molecule has 0 radical (unpaired) electrons. The number of amides is 3. The lowest BCUT2D eigenvalue weighted by molar-refractivity contribution is -0.119. The monoisotopic (exact) mass is 501 g/mol. The van der Waals surface area contributed by atoms with Crippen molar-refractivity contribution in [2.45, 2.75) is 45.2 Å². The lowest BCUT2D eigenvalue weighted by Gasteiger charge is -2.25. The first-order valence-corrected chi connectivity index (χ1v) is 12.5. The number of carbonyl (C=O) groups excluding carboxylic acids is 2. The van der Waals surface area contributed by atoms with E-state index in [1.165, 1.54) is 6.42 Å². The second-order valence-electron chi connectivity index (χ2n) is 9.54. The molecule has 2 heterocycles. The molecular weight excluding hydrogens is 470 g/mol. The molecule has 0 unspecified atom stereocenters. The molecule has 3 N–H and O–H groups in total. The van der Waals surface area contributed by atoms with Crippen LogP contribution < -0.4 is 20.4 Å². The molecule has 1 aliphatic heterocycles. The van der Waals surface area contributed by atoms with E-state index in [0.717, 1.165) is 53.9 Å². The van der Waals surface area contributed by atoms with Gasteiger partial charge in [-0.15, -0.1) is 5.10 Å². The lowest BCUT2D eigenvalue weighted by atomic mass is 9.83. The van der Waals surface area contributed by atoms with Crippen LogP contribution in [0.25, 0.3) is 0 Å². The summed E-state index contributed by atoms with van der Waals surface area (Å²) in [6, 6.07) is 12.8. The van der Waals surface area contributed by atoms with Crippen molar-refractivity contribution in [2.75, 3.05) is 29.2 Å². The van der Waals surface area contributed by atoms with Crippen molar-refractivity contribution in [3.63, 3.8) is 0 Å². The van der Waals surface area contributed by atoms with Crippen LogP contribution in [0.15, 0.2) is 47.5 Å². The average Bonchev–Trinajstić information content (AvgIpc) is 3.44. The van der Waals surface area contributed by atoms with Crippen molar-refractivity contribution in [2.24, 2.45) is 10.9 Å². The van der Waals surface area contributed by atoms with Gasteiger partial charge >= 0.3 is 6.03 Å². The Morgan fingerprint density at radius 3 is 2.68 bits per heavy atom. The summed E-state index contributed by atoms with van der Waals surface area (Å²) in [5.74, 6) is 0.387. The molecule has 0 spiro atoms. The molecule has 0 saturated heterocycles. The summed E-state index contributed by atoms with van der Waals surface area (Å²) in [6.45, 7) is 1.95. The van der Waals surface area contributed by atoms with Crippen molar-refractivity contribution in [3.8, 4) is 0 Å². The Labute approximate surface area is 215 Å². The predicted molar refractivity (Wildman–Crippen MR) is 142 cm³/mol. The molecule has 1 fully saturated rings. The first kappa shape index (κ1) is 24.4. The van der Waals surface area contributed by atoms with Crippen LogP contribution in [0.5, 0.6) is 0 Å². The fourth-order valence-corrected chi connectivity index (χ4v) is 5.09. The maximum atomic E-state index is 13.4. The van der Waals surface area contributed by atoms with Gasteiger partial charge < -0.3 is 20.4 Å². The minimum absolute atomic E-state index is 0.266. The molecule has 11 heteroatoms. The third kappa shape index (κ3) is 5.02. The van der Waals surface area contributed by atoms with Gasteiger partial charge in [0.15, 0.2) is 0 Å². The van der Waals surface area contributed by atoms with Gasteiger partial charge in [0, 0.05) is 37.0 Å². The summed E-state index contributed by atoms with van der Waals surface area (Å²) < 4.78 is 0. The van der Waals surface area contributed by atoms with Crippen LogP contribution in [-0.4, -0.2) is 58.5 Å². The number of aromatic nitrogens is 4. The number of anilines is 4. The fourth-order valence-electron chi connectivity index (χ4n) is 5.09. The average molecular weight is 502 g/mol. The number of benzene rings is 2. The molecule has 11 nitrogen and oxygen atoms in total. The van der Waals surface area contributed by atoms with E-state index in [-0.39, 0.29) is 11.8 Å². The maximum Gasteiger partial charge on any atom is 0.321 e. The van der Waals surface area contributed by atoms with Gasteiger partial charge in [-0.05, 0) is 48.7 Å². The Hall–Kier alpha value is -4.28. The van der Waals surface area contributed by atoms with E-state index in [4.69, 9.17) is 4.99 Å². The summed E-state index contributed by atoms with van der Waals surface area (Å²) in [6.07, 6.45) is 4.54. The number of carbonyl (C=O) groups is 2. The Kier molecular flexibility index (Phi) is 6.85. The van der Waals surface area contributed by atoms with E-state index in [0.29, 0.717) is 11.6 Å². The lowest BCUT2D eigenvalue weighted by Crippen LogP contribution is -2.47. The smallest absolute Gasteiger partial charge is 0.311 e. The van der Waals surface area contributed by atoms with Gasteiger partial charge in [0.25, 0.3) is 11.9 Å². The molecule has 1 saturated carbocycles. The topological polar surface area (TPSA) is 132 Å². The zero-order chi connectivity index (χ0) is 25.9. The van der Waals surface area contributed by atoms with Gasteiger partial charge in [0.2, 0.25) is 6.17 Å². The normalized spacial score (nSPS) is 18.0. The highest BCUT2D eigenvalue weighted by Gasteiger charge is 2.33. The first-order valence-electron chi connectivity index (χ1n) is 12.5. The molecule has 2 aliphatic rings. The highest BCUT2D eigenvalue weighted by molar-refractivity contribution is 6.14. The molecule has 2 aromatic carbocycles. The summed E-state index contributed by atoms with van der Waals surface area (Å²) in [4.78, 5) is 34.7. The van der Waals surface area contributed by atoms with Crippen LogP contribution >= 0.6 is 0 Å².